The largest absolute Gasteiger partial charge is 0.497 e. The van der Waals surface area contributed by atoms with Gasteiger partial charge >= 0.3 is 6.09 Å². The summed E-state index contributed by atoms with van der Waals surface area (Å²) in [6.07, 6.45) is 3.32. The molecule has 0 bridgehead atoms. The third kappa shape index (κ3) is 7.62. The van der Waals surface area contributed by atoms with Crippen LogP contribution in [0.2, 0.25) is 0 Å². The van der Waals surface area contributed by atoms with Gasteiger partial charge in [-0.15, -0.1) is 0 Å². The molecule has 3 heterocycles. The van der Waals surface area contributed by atoms with Gasteiger partial charge in [-0.05, 0) is 81.1 Å². The third-order valence-corrected chi connectivity index (χ3v) is 8.53. The zero-order valence-electron chi connectivity index (χ0n) is 28.9. The molecule has 1 fully saturated rings. The lowest BCUT2D eigenvalue weighted by atomic mass is 10.1. The summed E-state index contributed by atoms with van der Waals surface area (Å²) in [6, 6.07) is 22.0. The van der Waals surface area contributed by atoms with Crippen LogP contribution >= 0.6 is 0 Å². The first kappa shape index (κ1) is 34.2. The summed E-state index contributed by atoms with van der Waals surface area (Å²) >= 11 is 0. The molecule has 0 radical (unpaired) electrons. The van der Waals surface area contributed by atoms with Crippen molar-refractivity contribution in [1.29, 1.82) is 5.26 Å². The molecule has 0 N–H and O–H groups in total. The molecule has 1 aliphatic rings. The maximum atomic E-state index is 15.6. The standard InChI is InChI=1S/C38H40FN7O4/c1-38(2,3)50-37(47)45-19-7-9-28(45)20-33-42-36-35(41-32(24-46(36)43-33)31-10-6-8-27(21-40)34(31)39)44(22-25-11-15-29(48-4)16-12-25)23-26-13-17-30(49-5)18-14-26/h6,8,10-18,24,28H,7,9,19-20,22-23H2,1-5H3. The van der Waals surface area contributed by atoms with Gasteiger partial charge in [0.2, 0.25) is 0 Å². The Hall–Kier alpha value is -5.70. The third-order valence-electron chi connectivity index (χ3n) is 8.53. The molecule has 5 aromatic rings. The molecule has 50 heavy (non-hydrogen) atoms. The molecular weight excluding hydrogens is 637 g/mol. The predicted octanol–water partition coefficient (Wildman–Crippen LogP) is 6.97. The monoisotopic (exact) mass is 677 g/mol. The Morgan fingerprint density at radius 3 is 2.20 bits per heavy atom. The van der Waals surface area contributed by atoms with E-state index in [2.05, 4.69) is 4.90 Å². The van der Waals surface area contributed by atoms with Gasteiger partial charge in [-0.25, -0.2) is 23.7 Å². The van der Waals surface area contributed by atoms with E-state index >= 15 is 4.39 Å². The van der Waals surface area contributed by atoms with Gasteiger partial charge in [-0.2, -0.15) is 10.4 Å². The predicted molar refractivity (Wildman–Crippen MR) is 186 cm³/mol. The molecule has 0 aliphatic carbocycles. The Balaban J connectivity index is 1.45. The van der Waals surface area contributed by atoms with Crippen molar-refractivity contribution in [1.82, 2.24) is 24.5 Å². The summed E-state index contributed by atoms with van der Waals surface area (Å²) in [5.41, 5.74) is 2.22. The van der Waals surface area contributed by atoms with E-state index in [1.807, 2.05) is 75.4 Å². The van der Waals surface area contributed by atoms with Crippen LogP contribution in [0.3, 0.4) is 0 Å². The SMILES string of the molecule is COc1ccc(CN(Cc2ccc(OC)cc2)c2nc(-c3cccc(C#N)c3F)cn3nc(CC4CCCN4C(=O)OC(C)(C)C)nc23)cc1. The van der Waals surface area contributed by atoms with Crippen molar-refractivity contribution in [2.45, 2.75) is 64.8 Å². The Morgan fingerprint density at radius 2 is 1.62 bits per heavy atom. The molecule has 0 spiro atoms. The van der Waals surface area contributed by atoms with Crippen molar-refractivity contribution in [2.75, 3.05) is 25.7 Å². The highest BCUT2D eigenvalue weighted by Gasteiger charge is 2.33. The van der Waals surface area contributed by atoms with Crippen LogP contribution in [-0.4, -0.2) is 63.0 Å². The highest BCUT2D eigenvalue weighted by atomic mass is 19.1. The molecule has 1 aliphatic heterocycles. The quantitative estimate of drug-likeness (QED) is 0.154. The topological polar surface area (TPSA) is 118 Å². The number of methoxy groups -OCH3 is 2. The van der Waals surface area contributed by atoms with Gasteiger partial charge < -0.3 is 24.0 Å². The molecule has 0 saturated carbocycles. The molecule has 1 saturated heterocycles. The zero-order chi connectivity index (χ0) is 35.4. The summed E-state index contributed by atoms with van der Waals surface area (Å²) in [6.45, 7) is 7.01. The van der Waals surface area contributed by atoms with E-state index in [9.17, 15) is 10.1 Å². The van der Waals surface area contributed by atoms with Crippen molar-refractivity contribution in [3.8, 4) is 28.8 Å². The van der Waals surface area contributed by atoms with E-state index < -0.39 is 11.4 Å². The highest BCUT2D eigenvalue weighted by molar-refractivity contribution is 5.71. The number of amides is 1. The van der Waals surface area contributed by atoms with Crippen LogP contribution in [0.15, 0.2) is 72.9 Å². The van der Waals surface area contributed by atoms with Crippen molar-refractivity contribution in [3.05, 3.63) is 101 Å². The lowest BCUT2D eigenvalue weighted by Crippen LogP contribution is -2.40. The first-order chi connectivity index (χ1) is 24.0. The summed E-state index contributed by atoms with van der Waals surface area (Å²) < 4.78 is 33.7. The number of hydrogen-bond acceptors (Lipinski definition) is 9. The molecule has 11 nitrogen and oxygen atoms in total. The molecule has 258 valence electrons. The van der Waals surface area contributed by atoms with E-state index in [1.165, 1.54) is 6.07 Å². The zero-order valence-corrected chi connectivity index (χ0v) is 28.9. The fraction of sp³-hybridized carbons (Fsp3) is 0.342. The second kappa shape index (κ2) is 14.4. The van der Waals surface area contributed by atoms with Crippen LogP contribution < -0.4 is 14.4 Å². The van der Waals surface area contributed by atoms with Gasteiger partial charge in [0.05, 0.1) is 31.7 Å². The number of aromatic nitrogens is 4. The molecule has 1 atom stereocenters. The molecule has 6 rings (SSSR count). The van der Waals surface area contributed by atoms with Crippen LogP contribution in [0.5, 0.6) is 11.5 Å². The molecule has 1 unspecified atom stereocenters. The lowest BCUT2D eigenvalue weighted by molar-refractivity contribution is 0.0225. The van der Waals surface area contributed by atoms with Crippen molar-refractivity contribution in [2.24, 2.45) is 0 Å². The van der Waals surface area contributed by atoms with E-state index in [1.54, 1.807) is 42.0 Å². The van der Waals surface area contributed by atoms with Crippen molar-refractivity contribution in [3.63, 3.8) is 0 Å². The summed E-state index contributed by atoms with van der Waals surface area (Å²) in [7, 11) is 3.25. The number of likely N-dealkylation sites (tertiary alicyclic amines) is 1. The maximum Gasteiger partial charge on any atom is 0.410 e. The minimum Gasteiger partial charge on any atom is -0.497 e. The first-order valence-electron chi connectivity index (χ1n) is 16.5. The normalized spacial score (nSPS) is 14.4. The van der Waals surface area contributed by atoms with Gasteiger partial charge in [0.25, 0.3) is 0 Å². The minimum atomic E-state index is -0.663. The number of fused-ring (bicyclic) bond motifs is 1. The van der Waals surface area contributed by atoms with E-state index in [4.69, 9.17) is 29.3 Å². The van der Waals surface area contributed by atoms with Crippen LogP contribution in [0.25, 0.3) is 16.9 Å². The van der Waals surface area contributed by atoms with Crippen molar-refractivity contribution >= 4 is 17.6 Å². The fourth-order valence-corrected chi connectivity index (χ4v) is 6.09. The summed E-state index contributed by atoms with van der Waals surface area (Å²) in [4.78, 5) is 26.9. The van der Waals surface area contributed by atoms with Gasteiger partial charge in [-0.1, -0.05) is 30.3 Å². The van der Waals surface area contributed by atoms with Gasteiger partial charge in [0.1, 0.15) is 29.0 Å². The molecule has 3 aromatic carbocycles. The second-order valence-electron chi connectivity index (χ2n) is 13.3. The number of benzene rings is 3. The minimum absolute atomic E-state index is 0.0815. The average molecular weight is 678 g/mol. The molecule has 12 heteroatoms. The summed E-state index contributed by atoms with van der Waals surface area (Å²) in [5.74, 6) is 1.81. The maximum absolute atomic E-state index is 15.6. The average Bonchev–Trinajstić information content (AvgIpc) is 3.74. The first-order valence-corrected chi connectivity index (χ1v) is 16.5. The van der Waals surface area contributed by atoms with Gasteiger partial charge in [0.15, 0.2) is 17.3 Å². The number of hydrogen-bond donors (Lipinski definition) is 0. The number of ether oxygens (including phenoxy) is 3. The number of rotatable bonds is 10. The molecular formula is C38H40FN7O4. The second-order valence-corrected chi connectivity index (χ2v) is 13.3. The smallest absolute Gasteiger partial charge is 0.410 e. The van der Waals surface area contributed by atoms with Gasteiger partial charge in [0, 0.05) is 37.7 Å². The number of nitrogens with zero attached hydrogens (tertiary/aromatic N) is 7. The van der Waals surface area contributed by atoms with E-state index in [0.717, 1.165) is 35.5 Å². The van der Waals surface area contributed by atoms with Crippen LogP contribution in [0, 0.1) is 17.1 Å². The van der Waals surface area contributed by atoms with Crippen LogP contribution in [0.1, 0.15) is 56.1 Å². The number of anilines is 1. The number of carbonyl (C=O) groups is 1. The van der Waals surface area contributed by atoms with Gasteiger partial charge in [-0.3, -0.25) is 0 Å². The van der Waals surface area contributed by atoms with Crippen LogP contribution in [0.4, 0.5) is 15.0 Å². The Kier molecular flexibility index (Phi) is 9.86. The fourth-order valence-electron chi connectivity index (χ4n) is 6.09. The van der Waals surface area contributed by atoms with Crippen LogP contribution in [-0.2, 0) is 24.2 Å². The lowest BCUT2D eigenvalue weighted by Gasteiger charge is -2.28. The molecule has 1 amide bonds. The van der Waals surface area contributed by atoms with E-state index in [0.29, 0.717) is 49.0 Å². The highest BCUT2D eigenvalue weighted by Crippen LogP contribution is 2.31. The Labute approximate surface area is 290 Å². The van der Waals surface area contributed by atoms with Crippen molar-refractivity contribution < 1.29 is 23.4 Å². The molecule has 2 aromatic heterocycles. The summed E-state index contributed by atoms with van der Waals surface area (Å²) in [5, 5.41) is 14.4. The number of carbonyl (C=O) groups excluding carboxylic acids is 1. The van der Waals surface area contributed by atoms with E-state index in [-0.39, 0.29) is 23.3 Å². The number of nitriles is 1. The Morgan fingerprint density at radius 1 is 0.980 bits per heavy atom. The Bertz CT molecular complexity index is 1970. The number of halogens is 1.